The monoisotopic (exact) mass is 298 g/mol. The van der Waals surface area contributed by atoms with Crippen LogP contribution in [0, 0.1) is 6.92 Å². The standard InChI is InChI=1S/C9H9Cl2O3PS/c1-8-2-4-9(5-3-8)16(13,14)7-6-15(10,11)12/h2-7H,1H3/b7-6+. The first-order chi connectivity index (χ1) is 7.21. The lowest BCUT2D eigenvalue weighted by atomic mass is 10.2. The zero-order valence-corrected chi connectivity index (χ0v) is 11.5. The smallest absolute Gasteiger partial charge is 0.275 e. The van der Waals surface area contributed by atoms with Crippen molar-refractivity contribution in [2.75, 3.05) is 0 Å². The summed E-state index contributed by atoms with van der Waals surface area (Å²) < 4.78 is 34.3. The summed E-state index contributed by atoms with van der Waals surface area (Å²) in [6.07, 6.45) is 0. The number of halogens is 2. The van der Waals surface area contributed by atoms with Crippen molar-refractivity contribution in [3.8, 4) is 0 Å². The molecular formula is C9H9Cl2O3PS. The maximum Gasteiger partial charge on any atom is 0.275 e. The van der Waals surface area contributed by atoms with Gasteiger partial charge in [0.15, 0.2) is 9.84 Å². The third-order valence-corrected chi connectivity index (χ3v) is 4.56. The van der Waals surface area contributed by atoms with Gasteiger partial charge in [-0.25, -0.2) is 8.42 Å². The first kappa shape index (κ1) is 13.8. The zero-order valence-electron chi connectivity index (χ0n) is 8.30. The molecular weight excluding hydrogens is 290 g/mol. The van der Waals surface area contributed by atoms with E-state index in [-0.39, 0.29) is 4.90 Å². The number of benzene rings is 1. The van der Waals surface area contributed by atoms with Crippen LogP contribution in [-0.2, 0) is 14.4 Å². The Morgan fingerprint density at radius 2 is 1.69 bits per heavy atom. The molecule has 0 radical (unpaired) electrons. The highest BCUT2D eigenvalue weighted by Gasteiger charge is 2.14. The predicted molar refractivity (Wildman–Crippen MR) is 66.8 cm³/mol. The Labute approximate surface area is 104 Å². The SMILES string of the molecule is Cc1ccc(S(=O)(=O)/C=C/P(=O)(Cl)Cl)cc1. The molecule has 0 aromatic heterocycles. The molecule has 1 aromatic rings. The Kier molecular flexibility index (Phi) is 4.24. The number of rotatable bonds is 3. The molecule has 0 atom stereocenters. The van der Waals surface area contributed by atoms with E-state index in [4.69, 9.17) is 22.5 Å². The van der Waals surface area contributed by atoms with Crippen molar-refractivity contribution in [1.82, 2.24) is 0 Å². The van der Waals surface area contributed by atoms with E-state index in [1.165, 1.54) is 12.1 Å². The molecule has 16 heavy (non-hydrogen) atoms. The maximum absolute atomic E-state index is 11.7. The molecule has 1 rings (SSSR count). The normalized spacial score (nSPS) is 13.2. The summed E-state index contributed by atoms with van der Waals surface area (Å²) >= 11 is 10.4. The van der Waals surface area contributed by atoms with Gasteiger partial charge in [-0.1, -0.05) is 17.7 Å². The van der Waals surface area contributed by atoms with Crippen LogP contribution >= 0.6 is 28.3 Å². The summed E-state index contributed by atoms with van der Waals surface area (Å²) in [4.78, 5) is 0.108. The van der Waals surface area contributed by atoms with Gasteiger partial charge in [0.1, 0.15) is 0 Å². The molecule has 0 aliphatic heterocycles. The molecule has 0 saturated heterocycles. The molecule has 0 aliphatic carbocycles. The van der Waals surface area contributed by atoms with Crippen molar-refractivity contribution in [3.63, 3.8) is 0 Å². The Balaban J connectivity index is 3.09. The van der Waals surface area contributed by atoms with Crippen LogP contribution in [0.2, 0.25) is 0 Å². The van der Waals surface area contributed by atoms with Gasteiger partial charge in [-0.3, -0.25) is 4.57 Å². The van der Waals surface area contributed by atoms with Gasteiger partial charge in [0.2, 0.25) is 0 Å². The minimum absolute atomic E-state index is 0.108. The highest BCUT2D eigenvalue weighted by Crippen LogP contribution is 2.58. The average molecular weight is 299 g/mol. The molecule has 0 spiro atoms. The number of aryl methyl sites for hydroxylation is 1. The van der Waals surface area contributed by atoms with Crippen LogP contribution in [-0.4, -0.2) is 8.42 Å². The number of sulfone groups is 1. The van der Waals surface area contributed by atoms with Crippen LogP contribution in [0.1, 0.15) is 5.56 Å². The topological polar surface area (TPSA) is 51.2 Å². The quantitative estimate of drug-likeness (QED) is 0.795. The van der Waals surface area contributed by atoms with E-state index in [0.717, 1.165) is 16.8 Å². The fraction of sp³-hybridized carbons (Fsp3) is 0.111. The van der Waals surface area contributed by atoms with E-state index < -0.39 is 15.7 Å². The van der Waals surface area contributed by atoms with Gasteiger partial charge in [0.05, 0.1) is 4.90 Å². The van der Waals surface area contributed by atoms with E-state index >= 15 is 0 Å². The molecule has 7 heteroatoms. The van der Waals surface area contributed by atoms with Crippen LogP contribution in [0.4, 0.5) is 0 Å². The predicted octanol–water partition coefficient (Wildman–Crippen LogP) is 3.91. The van der Waals surface area contributed by atoms with Crippen molar-refractivity contribution in [2.45, 2.75) is 11.8 Å². The molecule has 0 aliphatic rings. The molecule has 0 amide bonds. The van der Waals surface area contributed by atoms with Gasteiger partial charge < -0.3 is 0 Å². The van der Waals surface area contributed by atoms with Gasteiger partial charge in [-0.2, -0.15) is 0 Å². The molecule has 0 heterocycles. The summed E-state index contributed by atoms with van der Waals surface area (Å²) in [6, 6.07) is 6.26. The fourth-order valence-corrected chi connectivity index (χ4v) is 3.67. The Morgan fingerprint density at radius 3 is 2.12 bits per heavy atom. The third-order valence-electron chi connectivity index (χ3n) is 1.76. The summed E-state index contributed by atoms with van der Waals surface area (Å²) in [6.45, 7) is 1.85. The Morgan fingerprint density at radius 1 is 1.19 bits per heavy atom. The van der Waals surface area contributed by atoms with Crippen LogP contribution in [0.25, 0.3) is 0 Å². The van der Waals surface area contributed by atoms with Gasteiger partial charge in [-0.15, -0.1) is 0 Å². The molecule has 0 fully saturated rings. The van der Waals surface area contributed by atoms with Crippen molar-refractivity contribution >= 4 is 38.2 Å². The Bertz CT molecular complexity index is 543. The van der Waals surface area contributed by atoms with Crippen molar-refractivity contribution < 1.29 is 13.0 Å². The summed E-state index contributed by atoms with van der Waals surface area (Å²) in [5, 5.41) is 0.762. The van der Waals surface area contributed by atoms with Gasteiger partial charge in [0, 0.05) is 11.2 Å². The zero-order chi connectivity index (χ0) is 12.4. The lowest BCUT2D eigenvalue weighted by molar-refractivity contribution is 0.596. The summed E-state index contributed by atoms with van der Waals surface area (Å²) in [5.74, 6) is -2.71. The minimum atomic E-state index is -3.63. The highest BCUT2D eigenvalue weighted by atomic mass is 35.9. The lowest BCUT2D eigenvalue weighted by Gasteiger charge is -1.99. The van der Waals surface area contributed by atoms with E-state index in [1.807, 2.05) is 6.92 Å². The second kappa shape index (κ2) is 4.92. The van der Waals surface area contributed by atoms with Gasteiger partial charge >= 0.3 is 0 Å². The van der Waals surface area contributed by atoms with Gasteiger partial charge in [-0.05, 0) is 41.5 Å². The van der Waals surface area contributed by atoms with Gasteiger partial charge in [0.25, 0.3) is 5.85 Å². The molecule has 88 valence electrons. The van der Waals surface area contributed by atoms with E-state index in [2.05, 4.69) is 0 Å². The summed E-state index contributed by atoms with van der Waals surface area (Å²) in [5.41, 5.74) is 0.947. The van der Waals surface area contributed by atoms with Crippen molar-refractivity contribution in [1.29, 1.82) is 0 Å². The fourth-order valence-electron chi connectivity index (χ4n) is 0.957. The largest absolute Gasteiger partial charge is 0.285 e. The van der Waals surface area contributed by atoms with E-state index in [0.29, 0.717) is 0 Å². The van der Waals surface area contributed by atoms with Crippen LogP contribution in [0.3, 0.4) is 0 Å². The minimum Gasteiger partial charge on any atom is -0.285 e. The molecule has 0 unspecified atom stereocenters. The van der Waals surface area contributed by atoms with Crippen molar-refractivity contribution in [2.24, 2.45) is 0 Å². The number of hydrogen-bond acceptors (Lipinski definition) is 3. The van der Waals surface area contributed by atoms with Crippen molar-refractivity contribution in [3.05, 3.63) is 41.1 Å². The molecule has 3 nitrogen and oxygen atoms in total. The molecule has 0 bridgehead atoms. The summed E-state index contributed by atoms with van der Waals surface area (Å²) in [7, 11) is -3.63. The second-order valence-electron chi connectivity index (χ2n) is 3.15. The molecule has 1 aromatic carbocycles. The first-order valence-electron chi connectivity index (χ1n) is 4.21. The van der Waals surface area contributed by atoms with E-state index in [1.54, 1.807) is 12.1 Å². The highest BCUT2D eigenvalue weighted by molar-refractivity contribution is 8.11. The average Bonchev–Trinajstić information content (AvgIpc) is 2.15. The number of hydrogen-bond donors (Lipinski definition) is 0. The molecule has 0 saturated carbocycles. The molecule has 0 N–H and O–H groups in total. The van der Waals surface area contributed by atoms with Crippen LogP contribution < -0.4 is 0 Å². The lowest BCUT2D eigenvalue weighted by Crippen LogP contribution is -1.95. The maximum atomic E-state index is 11.7. The third kappa shape index (κ3) is 4.30. The second-order valence-corrected chi connectivity index (χ2v) is 9.81. The first-order valence-corrected chi connectivity index (χ1v) is 9.34. The Hall–Kier alpha value is -0.280. The van der Waals surface area contributed by atoms with Crippen LogP contribution in [0.15, 0.2) is 40.4 Å². The van der Waals surface area contributed by atoms with E-state index in [9.17, 15) is 13.0 Å². The van der Waals surface area contributed by atoms with Crippen LogP contribution in [0.5, 0.6) is 0 Å².